The van der Waals surface area contributed by atoms with E-state index in [9.17, 15) is 9.90 Å². The van der Waals surface area contributed by atoms with Crippen molar-refractivity contribution < 1.29 is 14.6 Å². The number of carbonyl (C=O) groups is 1. The third kappa shape index (κ3) is 3.52. The molecule has 2 aliphatic heterocycles. The zero-order valence-electron chi connectivity index (χ0n) is 13.3. The van der Waals surface area contributed by atoms with Crippen LogP contribution in [0.25, 0.3) is 6.08 Å². The van der Waals surface area contributed by atoms with E-state index in [-0.39, 0.29) is 11.7 Å². The van der Waals surface area contributed by atoms with Gasteiger partial charge in [0, 0.05) is 13.1 Å². The minimum absolute atomic E-state index is 0.0827. The fraction of sp³-hybridized carbons (Fsp3) is 0.412. The van der Waals surface area contributed by atoms with E-state index in [4.69, 9.17) is 4.74 Å². The average Bonchev–Trinajstić information content (AvgIpc) is 2.90. The molecule has 3 rings (SSSR count). The summed E-state index contributed by atoms with van der Waals surface area (Å²) in [4.78, 5) is 19.2. The number of carbonyl (C=O) groups excluding carboxylic acids is 1. The number of methoxy groups -OCH3 is 1. The Morgan fingerprint density at radius 1 is 1.48 bits per heavy atom. The summed E-state index contributed by atoms with van der Waals surface area (Å²) in [6, 6.07) is 5.01. The standard InChI is InChI=1S/C17H20N2O3S/c1-11-4-3-7-19(10-11)17-18-16(21)15(23-17)9-12-5-6-13(20)14(8-12)22-2/h5-6,8-9,11,20H,3-4,7,10H2,1-2H3/b15-9+/t11-/m0/s1. The van der Waals surface area contributed by atoms with Crippen molar-refractivity contribution >= 4 is 28.9 Å². The predicted molar refractivity (Wildman–Crippen MR) is 92.6 cm³/mol. The number of ether oxygens (including phenoxy) is 1. The maximum absolute atomic E-state index is 12.2. The van der Waals surface area contributed by atoms with Gasteiger partial charge < -0.3 is 14.7 Å². The number of amides is 1. The summed E-state index contributed by atoms with van der Waals surface area (Å²) in [7, 11) is 1.50. The molecule has 1 aromatic carbocycles. The second kappa shape index (κ2) is 6.66. The molecule has 0 aliphatic carbocycles. The van der Waals surface area contributed by atoms with Crippen molar-refractivity contribution in [1.82, 2.24) is 4.90 Å². The molecule has 6 heteroatoms. The summed E-state index contributed by atoms with van der Waals surface area (Å²) in [5.41, 5.74) is 0.805. The minimum atomic E-state index is -0.199. The molecule has 2 heterocycles. The van der Waals surface area contributed by atoms with Crippen LogP contribution in [0.4, 0.5) is 0 Å². The monoisotopic (exact) mass is 332 g/mol. The molecule has 0 aromatic heterocycles. The summed E-state index contributed by atoms with van der Waals surface area (Å²) in [5, 5.41) is 10.4. The van der Waals surface area contributed by atoms with E-state index in [2.05, 4.69) is 16.8 Å². The Balaban J connectivity index is 1.76. The topological polar surface area (TPSA) is 62.1 Å². The van der Waals surface area contributed by atoms with Crippen molar-refractivity contribution in [3.05, 3.63) is 28.7 Å². The number of aromatic hydroxyl groups is 1. The number of hydrogen-bond donors (Lipinski definition) is 1. The molecule has 0 radical (unpaired) electrons. The number of nitrogens with zero attached hydrogens (tertiary/aromatic N) is 2. The highest BCUT2D eigenvalue weighted by Gasteiger charge is 2.28. The lowest BCUT2D eigenvalue weighted by Gasteiger charge is -2.31. The molecule has 23 heavy (non-hydrogen) atoms. The Kier molecular flexibility index (Phi) is 4.61. The molecule has 0 saturated carbocycles. The summed E-state index contributed by atoms with van der Waals surface area (Å²) < 4.78 is 5.10. The predicted octanol–water partition coefficient (Wildman–Crippen LogP) is 3.10. The molecule has 0 spiro atoms. The average molecular weight is 332 g/mol. The summed E-state index contributed by atoms with van der Waals surface area (Å²) in [6.07, 6.45) is 4.17. The zero-order valence-corrected chi connectivity index (χ0v) is 14.1. The van der Waals surface area contributed by atoms with Gasteiger partial charge in [0.05, 0.1) is 12.0 Å². The molecule has 0 bridgehead atoms. The second-order valence-corrected chi connectivity index (χ2v) is 6.94. The number of phenols is 1. The third-order valence-corrected chi connectivity index (χ3v) is 5.08. The molecule has 1 atom stereocenters. The van der Waals surface area contributed by atoms with Gasteiger partial charge in [-0.3, -0.25) is 4.79 Å². The Labute approximate surface area is 140 Å². The Hall–Kier alpha value is -1.95. The van der Waals surface area contributed by atoms with Crippen molar-refractivity contribution in [3.63, 3.8) is 0 Å². The number of hydrogen-bond acceptors (Lipinski definition) is 5. The van der Waals surface area contributed by atoms with Crippen LogP contribution in [-0.4, -0.2) is 41.3 Å². The van der Waals surface area contributed by atoms with Gasteiger partial charge in [0.1, 0.15) is 0 Å². The molecule has 1 amide bonds. The number of amidine groups is 1. The van der Waals surface area contributed by atoms with Crippen LogP contribution in [0.3, 0.4) is 0 Å². The van der Waals surface area contributed by atoms with E-state index in [1.165, 1.54) is 25.3 Å². The van der Waals surface area contributed by atoms with Gasteiger partial charge in [0.15, 0.2) is 16.7 Å². The van der Waals surface area contributed by atoms with Gasteiger partial charge in [0.25, 0.3) is 5.91 Å². The van der Waals surface area contributed by atoms with Gasteiger partial charge >= 0.3 is 0 Å². The van der Waals surface area contributed by atoms with Gasteiger partial charge in [-0.1, -0.05) is 13.0 Å². The van der Waals surface area contributed by atoms with Crippen LogP contribution in [0.15, 0.2) is 28.1 Å². The number of phenolic OH excluding ortho intramolecular Hbond substituents is 1. The minimum Gasteiger partial charge on any atom is -0.504 e. The fourth-order valence-corrected chi connectivity index (χ4v) is 3.78. The van der Waals surface area contributed by atoms with Crippen molar-refractivity contribution in [1.29, 1.82) is 0 Å². The van der Waals surface area contributed by atoms with E-state index in [1.807, 2.05) is 0 Å². The van der Waals surface area contributed by atoms with E-state index in [1.54, 1.807) is 24.3 Å². The summed E-state index contributed by atoms with van der Waals surface area (Å²) in [5.74, 6) is 0.909. The van der Waals surface area contributed by atoms with E-state index in [0.29, 0.717) is 16.6 Å². The zero-order chi connectivity index (χ0) is 16.4. The lowest BCUT2D eigenvalue weighted by molar-refractivity contribution is -0.113. The van der Waals surface area contributed by atoms with Gasteiger partial charge in [-0.2, -0.15) is 4.99 Å². The third-order valence-electron chi connectivity index (χ3n) is 4.04. The van der Waals surface area contributed by atoms with Gasteiger partial charge in [-0.15, -0.1) is 0 Å². The molecule has 1 aromatic rings. The molecule has 1 saturated heterocycles. The smallest absolute Gasteiger partial charge is 0.286 e. The van der Waals surface area contributed by atoms with E-state index in [0.717, 1.165) is 30.2 Å². The fourth-order valence-electron chi connectivity index (χ4n) is 2.83. The van der Waals surface area contributed by atoms with Crippen molar-refractivity contribution in [2.75, 3.05) is 20.2 Å². The molecule has 1 fully saturated rings. The van der Waals surface area contributed by atoms with Crippen LogP contribution in [0, 0.1) is 5.92 Å². The van der Waals surface area contributed by atoms with Crippen LogP contribution in [0.5, 0.6) is 11.5 Å². The lowest BCUT2D eigenvalue weighted by Crippen LogP contribution is -2.37. The summed E-state index contributed by atoms with van der Waals surface area (Å²) in [6.45, 7) is 4.15. The number of piperidine rings is 1. The maximum atomic E-state index is 12.2. The molecule has 122 valence electrons. The highest BCUT2D eigenvalue weighted by Crippen LogP contribution is 2.33. The highest BCUT2D eigenvalue weighted by molar-refractivity contribution is 8.18. The number of benzene rings is 1. The number of thioether (sulfide) groups is 1. The number of aliphatic imine (C=N–C) groups is 1. The first kappa shape index (κ1) is 15.9. The van der Waals surface area contributed by atoms with Crippen molar-refractivity contribution in [3.8, 4) is 11.5 Å². The molecule has 0 unspecified atom stereocenters. The lowest BCUT2D eigenvalue weighted by atomic mass is 10.0. The first-order valence-electron chi connectivity index (χ1n) is 7.71. The van der Waals surface area contributed by atoms with Crippen LogP contribution in [0.2, 0.25) is 0 Å². The number of rotatable bonds is 2. The van der Waals surface area contributed by atoms with Crippen molar-refractivity contribution in [2.45, 2.75) is 19.8 Å². The SMILES string of the molecule is COc1cc(/C=C2/SC(N3CCC[C@H](C)C3)=NC2=O)ccc1O. The second-order valence-electron chi connectivity index (χ2n) is 5.93. The van der Waals surface area contributed by atoms with Crippen LogP contribution in [-0.2, 0) is 4.79 Å². The van der Waals surface area contributed by atoms with Crippen LogP contribution < -0.4 is 4.74 Å². The van der Waals surface area contributed by atoms with Gasteiger partial charge in [-0.05, 0) is 54.3 Å². The van der Waals surface area contributed by atoms with Gasteiger partial charge in [0.2, 0.25) is 0 Å². The molecular weight excluding hydrogens is 312 g/mol. The van der Waals surface area contributed by atoms with Crippen LogP contribution in [0.1, 0.15) is 25.3 Å². The largest absolute Gasteiger partial charge is 0.504 e. The normalized spacial score (nSPS) is 23.3. The van der Waals surface area contributed by atoms with E-state index >= 15 is 0 Å². The Bertz CT molecular complexity index is 684. The quantitative estimate of drug-likeness (QED) is 0.843. The highest BCUT2D eigenvalue weighted by atomic mass is 32.2. The maximum Gasteiger partial charge on any atom is 0.286 e. The molecule has 1 N–H and O–H groups in total. The Morgan fingerprint density at radius 3 is 3.04 bits per heavy atom. The molecule has 5 nitrogen and oxygen atoms in total. The number of likely N-dealkylation sites (tertiary alicyclic amines) is 1. The molecular formula is C17H20N2O3S. The first-order valence-corrected chi connectivity index (χ1v) is 8.53. The van der Waals surface area contributed by atoms with E-state index < -0.39 is 0 Å². The Morgan fingerprint density at radius 2 is 2.30 bits per heavy atom. The first-order chi connectivity index (χ1) is 11.1. The summed E-state index contributed by atoms with van der Waals surface area (Å²) >= 11 is 1.42. The van der Waals surface area contributed by atoms with Crippen LogP contribution >= 0.6 is 11.8 Å². The van der Waals surface area contributed by atoms with Crippen molar-refractivity contribution in [2.24, 2.45) is 10.9 Å². The van der Waals surface area contributed by atoms with Gasteiger partial charge in [-0.25, -0.2) is 0 Å². The molecule has 2 aliphatic rings.